The molecule has 128 valence electrons. The summed E-state index contributed by atoms with van der Waals surface area (Å²) in [5.41, 5.74) is 8.71. The van der Waals surface area contributed by atoms with E-state index in [2.05, 4.69) is 21.2 Å². The summed E-state index contributed by atoms with van der Waals surface area (Å²) in [6.45, 7) is 2.94. The normalized spacial score (nSPS) is 19.1. The molecule has 1 fully saturated rings. The molecule has 6 heteroatoms. The molecule has 0 aromatic carbocycles. The van der Waals surface area contributed by atoms with E-state index in [1.165, 1.54) is 5.56 Å². The number of nitrogens with two attached hydrogens (primary N) is 1. The minimum atomic E-state index is -0.180. The molecule has 6 nitrogen and oxygen atoms in total. The molecule has 2 aromatic heterocycles. The molecule has 0 spiro atoms. The fourth-order valence-electron chi connectivity index (χ4n) is 3.52. The van der Waals surface area contributed by atoms with Gasteiger partial charge in [0.25, 0.3) is 0 Å². The lowest BCUT2D eigenvalue weighted by atomic mass is 9.97. The summed E-state index contributed by atoms with van der Waals surface area (Å²) < 4.78 is 1.87. The van der Waals surface area contributed by atoms with Crippen LogP contribution >= 0.6 is 0 Å². The molecule has 1 saturated heterocycles. The minimum Gasteiger partial charge on any atom is -0.370 e. The largest absolute Gasteiger partial charge is 0.370 e. The highest BCUT2D eigenvalue weighted by Gasteiger charge is 2.20. The zero-order valence-electron chi connectivity index (χ0n) is 14.2. The second-order valence-electron chi connectivity index (χ2n) is 6.66. The Balaban J connectivity index is 1.69. The van der Waals surface area contributed by atoms with E-state index in [0.29, 0.717) is 12.3 Å². The van der Waals surface area contributed by atoms with Gasteiger partial charge in [0, 0.05) is 49.7 Å². The topological polar surface area (TPSA) is 77.0 Å². The predicted octanol–water partition coefficient (Wildman–Crippen LogP) is 1.96. The lowest BCUT2D eigenvalue weighted by Crippen LogP contribution is -2.24. The van der Waals surface area contributed by atoms with Gasteiger partial charge in [0.05, 0.1) is 5.69 Å². The molecule has 0 radical (unpaired) electrons. The molecular weight excluding hydrogens is 302 g/mol. The number of likely N-dealkylation sites (tertiary alicyclic amines) is 1. The van der Waals surface area contributed by atoms with Crippen molar-refractivity contribution in [3.8, 4) is 11.3 Å². The van der Waals surface area contributed by atoms with Crippen molar-refractivity contribution in [1.29, 1.82) is 0 Å². The van der Waals surface area contributed by atoms with Crippen molar-refractivity contribution >= 4 is 5.91 Å². The molecule has 1 atom stereocenters. The molecule has 3 rings (SSSR count). The Morgan fingerprint density at radius 1 is 1.29 bits per heavy atom. The molecule has 2 aromatic rings. The lowest BCUT2D eigenvalue weighted by molar-refractivity contribution is -0.119. The van der Waals surface area contributed by atoms with E-state index in [4.69, 9.17) is 5.73 Å². The number of aryl methyl sites for hydroxylation is 1. The fourth-order valence-corrected chi connectivity index (χ4v) is 3.52. The van der Waals surface area contributed by atoms with Gasteiger partial charge in [0.2, 0.25) is 5.91 Å². The van der Waals surface area contributed by atoms with Crippen molar-refractivity contribution in [2.75, 3.05) is 13.1 Å². The standard InChI is InChI=1S/C18H25N5O/c1-22-12-16(18(21-22)15-4-7-20-8-5-15)13-23-9-2-3-14(6-10-23)11-17(19)24/h4-5,7-8,12,14H,2-3,6,9-11,13H2,1H3,(H2,19,24). The number of carbonyl (C=O) groups is 1. The van der Waals surface area contributed by atoms with E-state index < -0.39 is 0 Å². The second-order valence-corrected chi connectivity index (χ2v) is 6.66. The van der Waals surface area contributed by atoms with E-state index in [0.717, 1.165) is 50.2 Å². The number of rotatable bonds is 5. The molecule has 1 aliphatic heterocycles. The molecular formula is C18H25N5O. The van der Waals surface area contributed by atoms with Gasteiger partial charge in [-0.15, -0.1) is 0 Å². The van der Waals surface area contributed by atoms with Gasteiger partial charge >= 0.3 is 0 Å². The Bertz CT molecular complexity index is 682. The zero-order valence-corrected chi connectivity index (χ0v) is 14.2. The van der Waals surface area contributed by atoms with Gasteiger partial charge in [-0.25, -0.2) is 0 Å². The highest BCUT2D eigenvalue weighted by atomic mass is 16.1. The fraction of sp³-hybridized carbons (Fsp3) is 0.500. The molecule has 2 N–H and O–H groups in total. The summed E-state index contributed by atoms with van der Waals surface area (Å²) in [7, 11) is 1.96. The van der Waals surface area contributed by atoms with Gasteiger partial charge in [0.15, 0.2) is 0 Å². The third-order valence-electron chi connectivity index (χ3n) is 4.68. The highest BCUT2D eigenvalue weighted by Crippen LogP contribution is 2.25. The van der Waals surface area contributed by atoms with E-state index in [9.17, 15) is 4.79 Å². The van der Waals surface area contributed by atoms with Crippen LogP contribution < -0.4 is 5.73 Å². The Morgan fingerprint density at radius 3 is 2.83 bits per heavy atom. The first-order valence-electron chi connectivity index (χ1n) is 8.55. The maximum atomic E-state index is 11.1. The van der Waals surface area contributed by atoms with Crippen LogP contribution in [0.25, 0.3) is 11.3 Å². The maximum absolute atomic E-state index is 11.1. The quantitative estimate of drug-likeness (QED) is 0.911. The molecule has 1 aliphatic rings. The van der Waals surface area contributed by atoms with Gasteiger partial charge in [-0.2, -0.15) is 5.10 Å². The molecule has 24 heavy (non-hydrogen) atoms. The van der Waals surface area contributed by atoms with E-state index in [1.807, 2.05) is 23.9 Å². The number of hydrogen-bond acceptors (Lipinski definition) is 4. The Kier molecular flexibility index (Phi) is 5.25. The third-order valence-corrected chi connectivity index (χ3v) is 4.68. The Labute approximate surface area is 142 Å². The van der Waals surface area contributed by atoms with Crippen molar-refractivity contribution < 1.29 is 4.79 Å². The van der Waals surface area contributed by atoms with Crippen LogP contribution in [0.1, 0.15) is 31.2 Å². The zero-order chi connectivity index (χ0) is 16.9. The van der Waals surface area contributed by atoms with Crippen LogP contribution in [0.3, 0.4) is 0 Å². The minimum absolute atomic E-state index is 0.180. The second kappa shape index (κ2) is 7.57. The molecule has 0 aliphatic carbocycles. The smallest absolute Gasteiger partial charge is 0.217 e. The van der Waals surface area contributed by atoms with Crippen LogP contribution in [0.15, 0.2) is 30.7 Å². The number of amides is 1. The summed E-state index contributed by atoms with van der Waals surface area (Å²) >= 11 is 0. The van der Waals surface area contributed by atoms with Crippen molar-refractivity contribution in [3.05, 3.63) is 36.3 Å². The number of primary amides is 1. The lowest BCUT2D eigenvalue weighted by Gasteiger charge is -2.20. The number of nitrogens with zero attached hydrogens (tertiary/aromatic N) is 4. The van der Waals surface area contributed by atoms with Gasteiger partial charge in [-0.3, -0.25) is 19.4 Å². The predicted molar refractivity (Wildman–Crippen MR) is 92.9 cm³/mol. The number of pyridine rings is 1. The monoisotopic (exact) mass is 327 g/mol. The van der Waals surface area contributed by atoms with Crippen LogP contribution in [0.2, 0.25) is 0 Å². The van der Waals surface area contributed by atoms with E-state index in [-0.39, 0.29) is 5.91 Å². The molecule has 1 unspecified atom stereocenters. The summed E-state index contributed by atoms with van der Waals surface area (Å²) in [6, 6.07) is 3.99. The van der Waals surface area contributed by atoms with E-state index >= 15 is 0 Å². The Morgan fingerprint density at radius 2 is 2.08 bits per heavy atom. The van der Waals surface area contributed by atoms with Crippen LogP contribution in [0.4, 0.5) is 0 Å². The average Bonchev–Trinajstić information content (AvgIpc) is 2.78. The summed E-state index contributed by atoms with van der Waals surface area (Å²) in [5.74, 6) is 0.252. The van der Waals surface area contributed by atoms with Crippen molar-refractivity contribution in [2.24, 2.45) is 18.7 Å². The van der Waals surface area contributed by atoms with Crippen LogP contribution in [-0.4, -0.2) is 38.7 Å². The van der Waals surface area contributed by atoms with Gasteiger partial charge in [-0.05, 0) is 50.4 Å². The number of aromatic nitrogens is 3. The number of carbonyl (C=O) groups excluding carboxylic acids is 1. The summed E-state index contributed by atoms with van der Waals surface area (Å²) in [6.07, 6.45) is 9.45. The first kappa shape index (κ1) is 16.6. The molecule has 0 bridgehead atoms. The summed E-state index contributed by atoms with van der Waals surface area (Å²) in [5, 5.41) is 4.63. The van der Waals surface area contributed by atoms with Crippen molar-refractivity contribution in [3.63, 3.8) is 0 Å². The highest BCUT2D eigenvalue weighted by molar-refractivity contribution is 5.73. The van der Waals surface area contributed by atoms with Crippen molar-refractivity contribution in [1.82, 2.24) is 19.7 Å². The Hall–Kier alpha value is -2.21. The first-order chi connectivity index (χ1) is 11.6. The summed E-state index contributed by atoms with van der Waals surface area (Å²) in [4.78, 5) is 17.7. The van der Waals surface area contributed by atoms with Crippen LogP contribution in [0, 0.1) is 5.92 Å². The van der Waals surface area contributed by atoms with Gasteiger partial charge in [0.1, 0.15) is 0 Å². The SMILES string of the molecule is Cn1cc(CN2CCCC(CC(N)=O)CC2)c(-c2ccncc2)n1. The van der Waals surface area contributed by atoms with Crippen LogP contribution in [-0.2, 0) is 18.4 Å². The third kappa shape index (κ3) is 4.20. The number of hydrogen-bond donors (Lipinski definition) is 1. The first-order valence-corrected chi connectivity index (χ1v) is 8.55. The molecule has 0 saturated carbocycles. The van der Waals surface area contributed by atoms with E-state index in [1.54, 1.807) is 12.4 Å². The van der Waals surface area contributed by atoms with Gasteiger partial charge in [-0.1, -0.05) is 0 Å². The average molecular weight is 327 g/mol. The van der Waals surface area contributed by atoms with Gasteiger partial charge < -0.3 is 5.73 Å². The maximum Gasteiger partial charge on any atom is 0.217 e. The van der Waals surface area contributed by atoms with Crippen LogP contribution in [0.5, 0.6) is 0 Å². The van der Waals surface area contributed by atoms with Crippen molar-refractivity contribution in [2.45, 2.75) is 32.2 Å². The molecule has 3 heterocycles. The molecule has 1 amide bonds.